The zero-order valence-electron chi connectivity index (χ0n) is 9.60. The van der Waals surface area contributed by atoms with Gasteiger partial charge in [-0.3, -0.25) is 4.74 Å². The first kappa shape index (κ1) is 11.8. The summed E-state index contributed by atoms with van der Waals surface area (Å²) in [5.74, 6) is 1.60. The van der Waals surface area contributed by atoms with E-state index in [1.807, 2.05) is 36.4 Å². The smallest absolute Gasteiger partial charge is 0.233 e. The molecular formula is C14H8Br2O3. The van der Waals surface area contributed by atoms with E-state index in [2.05, 4.69) is 31.9 Å². The van der Waals surface area contributed by atoms with E-state index in [0.29, 0.717) is 0 Å². The van der Waals surface area contributed by atoms with Crippen molar-refractivity contribution >= 4 is 31.9 Å². The normalized spacial score (nSPS) is 22.8. The molecule has 4 rings (SSSR count). The number of rotatable bonds is 0. The molecule has 0 unspecified atom stereocenters. The van der Waals surface area contributed by atoms with Crippen LogP contribution in [0.5, 0.6) is 11.5 Å². The van der Waals surface area contributed by atoms with Gasteiger partial charge in [-0.25, -0.2) is 0 Å². The summed E-state index contributed by atoms with van der Waals surface area (Å²) in [5.41, 5.74) is 1.80. The highest BCUT2D eigenvalue weighted by molar-refractivity contribution is 9.10. The van der Waals surface area contributed by atoms with Gasteiger partial charge >= 0.3 is 0 Å². The molecule has 2 atom stereocenters. The Morgan fingerprint density at radius 3 is 1.68 bits per heavy atom. The van der Waals surface area contributed by atoms with Crippen molar-refractivity contribution in [2.24, 2.45) is 0 Å². The Kier molecular flexibility index (Phi) is 2.62. The van der Waals surface area contributed by atoms with Crippen LogP contribution in [-0.4, -0.2) is 0 Å². The number of hydrogen-bond donors (Lipinski definition) is 0. The van der Waals surface area contributed by atoms with Crippen LogP contribution in [0.25, 0.3) is 0 Å². The van der Waals surface area contributed by atoms with E-state index in [0.717, 1.165) is 31.6 Å². The minimum absolute atomic E-state index is 0.417. The molecule has 19 heavy (non-hydrogen) atoms. The van der Waals surface area contributed by atoms with Crippen LogP contribution in [-0.2, 0) is 4.74 Å². The molecule has 2 heterocycles. The largest absolute Gasteiger partial charge is 0.460 e. The van der Waals surface area contributed by atoms with Crippen LogP contribution in [0, 0.1) is 0 Å². The number of fused-ring (bicyclic) bond motifs is 6. The van der Waals surface area contributed by atoms with Gasteiger partial charge < -0.3 is 9.47 Å². The third-order valence-corrected chi connectivity index (χ3v) is 4.15. The highest BCUT2D eigenvalue weighted by atomic mass is 79.9. The summed E-state index contributed by atoms with van der Waals surface area (Å²) in [5, 5.41) is 0. The van der Waals surface area contributed by atoms with Gasteiger partial charge in [0.1, 0.15) is 11.5 Å². The fourth-order valence-corrected chi connectivity index (χ4v) is 3.05. The van der Waals surface area contributed by atoms with E-state index in [1.165, 1.54) is 0 Å². The van der Waals surface area contributed by atoms with E-state index in [9.17, 15) is 0 Å². The fourth-order valence-electron chi connectivity index (χ4n) is 2.29. The van der Waals surface area contributed by atoms with Crippen LogP contribution in [0.15, 0.2) is 45.3 Å². The summed E-state index contributed by atoms with van der Waals surface area (Å²) in [4.78, 5) is 0. The van der Waals surface area contributed by atoms with Crippen LogP contribution >= 0.6 is 31.9 Å². The van der Waals surface area contributed by atoms with Gasteiger partial charge in [0.2, 0.25) is 12.6 Å². The highest BCUT2D eigenvalue weighted by Gasteiger charge is 2.37. The molecule has 3 nitrogen and oxygen atoms in total. The van der Waals surface area contributed by atoms with Crippen molar-refractivity contribution in [3.05, 3.63) is 56.5 Å². The molecular weight excluding hydrogens is 376 g/mol. The van der Waals surface area contributed by atoms with Crippen molar-refractivity contribution in [3.63, 3.8) is 0 Å². The van der Waals surface area contributed by atoms with Crippen molar-refractivity contribution in [1.29, 1.82) is 0 Å². The molecule has 2 aliphatic rings. The van der Waals surface area contributed by atoms with E-state index in [4.69, 9.17) is 14.2 Å². The second kappa shape index (κ2) is 4.23. The molecule has 2 aliphatic heterocycles. The Labute approximate surface area is 126 Å². The van der Waals surface area contributed by atoms with Crippen LogP contribution in [0.1, 0.15) is 23.7 Å². The maximum Gasteiger partial charge on any atom is 0.233 e. The molecule has 0 amide bonds. The van der Waals surface area contributed by atoms with Crippen molar-refractivity contribution in [2.45, 2.75) is 12.6 Å². The average molecular weight is 384 g/mol. The van der Waals surface area contributed by atoms with Crippen LogP contribution < -0.4 is 9.47 Å². The summed E-state index contributed by atoms with van der Waals surface area (Å²) in [6, 6.07) is 11.7. The molecule has 0 aromatic heterocycles. The van der Waals surface area contributed by atoms with E-state index < -0.39 is 12.6 Å². The first-order valence-electron chi connectivity index (χ1n) is 5.78. The molecule has 2 aromatic rings. The maximum atomic E-state index is 5.90. The summed E-state index contributed by atoms with van der Waals surface area (Å²) < 4.78 is 19.5. The van der Waals surface area contributed by atoms with Gasteiger partial charge in [0, 0.05) is 8.95 Å². The third-order valence-electron chi connectivity index (χ3n) is 3.17. The lowest BCUT2D eigenvalue weighted by Gasteiger charge is -2.37. The molecule has 96 valence electrons. The lowest BCUT2D eigenvalue weighted by molar-refractivity contribution is -0.227. The van der Waals surface area contributed by atoms with Gasteiger partial charge in [-0.2, -0.15) is 0 Å². The van der Waals surface area contributed by atoms with Crippen LogP contribution in [0.4, 0.5) is 0 Å². The molecule has 0 spiro atoms. The monoisotopic (exact) mass is 382 g/mol. The Balaban J connectivity index is 1.84. The number of benzene rings is 2. The van der Waals surface area contributed by atoms with E-state index >= 15 is 0 Å². The second-order valence-electron chi connectivity index (χ2n) is 4.40. The third kappa shape index (κ3) is 1.88. The summed E-state index contributed by atoms with van der Waals surface area (Å²) in [7, 11) is 0. The van der Waals surface area contributed by atoms with Gasteiger partial charge in [-0.1, -0.05) is 31.9 Å². The first-order valence-corrected chi connectivity index (χ1v) is 7.37. The molecule has 2 aromatic carbocycles. The van der Waals surface area contributed by atoms with Crippen molar-refractivity contribution in [3.8, 4) is 11.5 Å². The van der Waals surface area contributed by atoms with Crippen LogP contribution in [0.3, 0.4) is 0 Å². The molecule has 0 saturated carbocycles. The minimum atomic E-state index is -0.417. The van der Waals surface area contributed by atoms with Gasteiger partial charge in [-0.15, -0.1) is 0 Å². The quantitative estimate of drug-likeness (QED) is 0.659. The number of halogens is 2. The second-order valence-corrected chi connectivity index (χ2v) is 6.23. The Bertz CT molecular complexity index is 614. The predicted molar refractivity (Wildman–Crippen MR) is 76.1 cm³/mol. The topological polar surface area (TPSA) is 27.7 Å². The predicted octanol–water partition coefficient (Wildman–Crippen LogP) is 4.71. The molecule has 0 aliphatic carbocycles. The molecule has 2 bridgehead atoms. The number of ether oxygens (including phenoxy) is 3. The SMILES string of the molecule is Brc1ccc2c(c1)[C@H]1Oc3ccc(Br)cc3[C@@H](O2)O1. The zero-order valence-corrected chi connectivity index (χ0v) is 12.8. The van der Waals surface area contributed by atoms with Gasteiger partial charge in [0.15, 0.2) is 0 Å². The fraction of sp³-hybridized carbons (Fsp3) is 0.143. The molecule has 0 saturated heterocycles. The lowest BCUT2D eigenvalue weighted by Crippen LogP contribution is -2.30. The molecule has 0 N–H and O–H groups in total. The van der Waals surface area contributed by atoms with E-state index in [-0.39, 0.29) is 0 Å². The van der Waals surface area contributed by atoms with Gasteiger partial charge in [0.25, 0.3) is 0 Å². The average Bonchev–Trinajstić information content (AvgIpc) is 2.41. The number of hydrogen-bond acceptors (Lipinski definition) is 3. The Morgan fingerprint density at radius 1 is 0.737 bits per heavy atom. The minimum Gasteiger partial charge on any atom is -0.460 e. The summed E-state index contributed by atoms with van der Waals surface area (Å²) >= 11 is 6.90. The van der Waals surface area contributed by atoms with E-state index in [1.54, 1.807) is 0 Å². The first-order chi connectivity index (χ1) is 9.20. The Morgan fingerprint density at radius 2 is 1.21 bits per heavy atom. The van der Waals surface area contributed by atoms with Crippen LogP contribution in [0.2, 0.25) is 0 Å². The van der Waals surface area contributed by atoms with Crippen molar-refractivity contribution in [2.75, 3.05) is 0 Å². The van der Waals surface area contributed by atoms with Crippen molar-refractivity contribution in [1.82, 2.24) is 0 Å². The molecule has 0 fully saturated rings. The van der Waals surface area contributed by atoms with Gasteiger partial charge in [-0.05, 0) is 36.4 Å². The highest BCUT2D eigenvalue weighted by Crippen LogP contribution is 2.48. The van der Waals surface area contributed by atoms with Gasteiger partial charge in [0.05, 0.1) is 11.1 Å². The summed E-state index contributed by atoms with van der Waals surface area (Å²) in [6.07, 6.45) is -0.833. The molecule has 0 radical (unpaired) electrons. The lowest BCUT2D eigenvalue weighted by atomic mass is 10.1. The maximum absolute atomic E-state index is 5.90. The standard InChI is InChI=1S/C14H8Br2O3/c15-7-1-3-11-9(5-7)13-18-12-4-2-8(16)6-10(12)14(17-11)19-13/h1-6,13-14H/t13-,14-/m0/s1. The summed E-state index contributed by atoms with van der Waals surface area (Å²) in [6.45, 7) is 0. The van der Waals surface area contributed by atoms with Crippen molar-refractivity contribution < 1.29 is 14.2 Å². The molecule has 5 heteroatoms. The Hall–Kier alpha value is -1.04. The zero-order chi connectivity index (χ0) is 13.0.